The molecule has 0 saturated carbocycles. The molecule has 3 aliphatic carbocycles. The van der Waals surface area contributed by atoms with Crippen LogP contribution in [-0.4, -0.2) is 41.6 Å². The predicted molar refractivity (Wildman–Crippen MR) is 130 cm³/mol. The first-order valence-corrected chi connectivity index (χ1v) is 12.2. The molecule has 4 aliphatic rings. The van der Waals surface area contributed by atoms with E-state index in [0.29, 0.717) is 5.56 Å². The quantitative estimate of drug-likeness (QED) is 0.282. The van der Waals surface area contributed by atoms with Gasteiger partial charge in [-0.1, -0.05) is 76.6 Å². The Morgan fingerprint density at radius 3 is 1.66 bits per heavy atom. The zero-order chi connectivity index (χ0) is 24.3. The Morgan fingerprint density at radius 1 is 0.743 bits per heavy atom. The lowest BCUT2D eigenvalue weighted by molar-refractivity contribution is -0.152. The zero-order valence-electron chi connectivity index (χ0n) is 18.5. The number of hydrogen-bond acceptors (Lipinski definition) is 5. The van der Waals surface area contributed by atoms with Crippen LogP contribution in [0.1, 0.15) is 44.4 Å². The fraction of sp³-hybridized carbons (Fsp3) is 0.214. The third-order valence-corrected chi connectivity index (χ3v) is 7.89. The molecule has 7 rings (SSSR count). The molecule has 6 nitrogen and oxygen atoms in total. The number of ether oxygens (including phenoxy) is 1. The van der Waals surface area contributed by atoms with Gasteiger partial charge in [0.2, 0.25) is 11.8 Å². The van der Waals surface area contributed by atoms with Crippen LogP contribution in [0.3, 0.4) is 0 Å². The molecule has 1 saturated heterocycles. The average Bonchev–Trinajstić information content (AvgIpc) is 3.13. The highest BCUT2D eigenvalue weighted by atomic mass is 79.9. The van der Waals surface area contributed by atoms with Crippen molar-refractivity contribution < 1.29 is 23.9 Å². The van der Waals surface area contributed by atoms with Gasteiger partial charge in [0.15, 0.2) is 12.4 Å². The van der Waals surface area contributed by atoms with Crippen LogP contribution >= 0.6 is 15.9 Å². The second-order valence-electron chi connectivity index (χ2n) is 9.12. The number of Topliss-reactive ketones (excluding diaryl/α,β-unsaturated/α-hetero) is 1. The summed E-state index contributed by atoms with van der Waals surface area (Å²) in [5, 5.41) is 0. The minimum absolute atomic E-state index is 0.228. The van der Waals surface area contributed by atoms with Crippen molar-refractivity contribution in [2.45, 2.75) is 11.8 Å². The molecule has 2 atom stereocenters. The van der Waals surface area contributed by atoms with Gasteiger partial charge in [-0.3, -0.25) is 24.1 Å². The molecule has 0 unspecified atom stereocenters. The van der Waals surface area contributed by atoms with E-state index >= 15 is 0 Å². The summed E-state index contributed by atoms with van der Waals surface area (Å²) in [5.41, 5.74) is 4.70. The van der Waals surface area contributed by atoms with Crippen molar-refractivity contribution in [3.05, 3.63) is 105 Å². The summed E-state index contributed by atoms with van der Waals surface area (Å²) in [7, 11) is 0. The molecular weight excluding hydrogens is 510 g/mol. The molecule has 7 heteroatoms. The molecule has 0 N–H and O–H groups in total. The van der Waals surface area contributed by atoms with E-state index in [2.05, 4.69) is 15.9 Å². The molecule has 0 radical (unpaired) electrons. The van der Waals surface area contributed by atoms with E-state index < -0.39 is 31.0 Å². The van der Waals surface area contributed by atoms with Crippen LogP contribution in [0.25, 0.3) is 0 Å². The SMILES string of the molecule is O=C(CN1C(=O)[C@@H]2C3c4ccccc4C(c4ccccc43)[C@H]2C1=O)OCC(=O)c1ccc(Br)cc1. The second-order valence-corrected chi connectivity index (χ2v) is 10.0. The van der Waals surface area contributed by atoms with Gasteiger partial charge in [-0.25, -0.2) is 0 Å². The molecule has 3 aromatic rings. The van der Waals surface area contributed by atoms with Crippen LogP contribution in [0, 0.1) is 11.8 Å². The van der Waals surface area contributed by atoms with Gasteiger partial charge in [-0.2, -0.15) is 0 Å². The van der Waals surface area contributed by atoms with Crippen molar-refractivity contribution >= 4 is 39.5 Å². The number of hydrogen-bond donors (Lipinski definition) is 0. The highest BCUT2D eigenvalue weighted by molar-refractivity contribution is 9.10. The number of amides is 2. The van der Waals surface area contributed by atoms with E-state index in [1.807, 2.05) is 48.5 Å². The average molecular weight is 530 g/mol. The molecule has 1 fully saturated rings. The first-order chi connectivity index (χ1) is 17.0. The Kier molecular flexibility index (Phi) is 5.18. The van der Waals surface area contributed by atoms with E-state index in [1.54, 1.807) is 24.3 Å². The monoisotopic (exact) mass is 529 g/mol. The van der Waals surface area contributed by atoms with Crippen molar-refractivity contribution in [1.29, 1.82) is 0 Å². The molecule has 1 heterocycles. The Morgan fingerprint density at radius 2 is 1.20 bits per heavy atom. The maximum Gasteiger partial charge on any atom is 0.326 e. The van der Waals surface area contributed by atoms with Crippen LogP contribution in [0.4, 0.5) is 0 Å². The van der Waals surface area contributed by atoms with Crippen molar-refractivity contribution in [1.82, 2.24) is 4.90 Å². The first kappa shape index (κ1) is 21.9. The topological polar surface area (TPSA) is 80.8 Å². The number of carbonyl (C=O) groups excluding carboxylic acids is 4. The van der Waals surface area contributed by atoms with E-state index in [1.165, 1.54) is 0 Å². The van der Waals surface area contributed by atoms with Crippen LogP contribution < -0.4 is 0 Å². The van der Waals surface area contributed by atoms with E-state index in [0.717, 1.165) is 31.6 Å². The standard InChI is InChI=1S/C28H20BrNO5/c29-16-11-9-15(10-12-16)21(31)14-35-22(32)13-30-27(33)25-23-17-5-1-2-6-18(17)24(26(25)28(30)34)20-8-4-3-7-19(20)23/h1-12,23-26H,13-14H2/t23?,24?,25-,26-/m1/s1. The van der Waals surface area contributed by atoms with E-state index in [9.17, 15) is 19.2 Å². The predicted octanol–water partition coefficient (Wildman–Crippen LogP) is 4.07. The van der Waals surface area contributed by atoms with Crippen molar-refractivity contribution in [2.24, 2.45) is 11.8 Å². The van der Waals surface area contributed by atoms with Crippen LogP contribution in [0.2, 0.25) is 0 Å². The summed E-state index contributed by atoms with van der Waals surface area (Å²) >= 11 is 3.31. The molecule has 3 aromatic carbocycles. The summed E-state index contributed by atoms with van der Waals surface area (Å²) in [6, 6.07) is 22.6. The van der Waals surface area contributed by atoms with Gasteiger partial charge in [-0.15, -0.1) is 0 Å². The molecule has 2 bridgehead atoms. The fourth-order valence-electron chi connectivity index (χ4n) is 5.93. The van der Waals surface area contributed by atoms with Crippen molar-refractivity contribution in [3.63, 3.8) is 0 Å². The number of likely N-dealkylation sites (tertiary alicyclic amines) is 1. The van der Waals surface area contributed by atoms with Gasteiger partial charge in [0.05, 0.1) is 11.8 Å². The Balaban J connectivity index is 1.23. The lowest BCUT2D eigenvalue weighted by Gasteiger charge is -2.45. The van der Waals surface area contributed by atoms with Gasteiger partial charge in [0.25, 0.3) is 0 Å². The smallest absolute Gasteiger partial charge is 0.326 e. The summed E-state index contributed by atoms with van der Waals surface area (Å²) in [5.74, 6) is -3.39. The molecule has 174 valence electrons. The Hall–Kier alpha value is -3.58. The third-order valence-electron chi connectivity index (χ3n) is 7.36. The van der Waals surface area contributed by atoms with Gasteiger partial charge in [0.1, 0.15) is 6.54 Å². The van der Waals surface area contributed by atoms with Gasteiger partial charge < -0.3 is 4.74 Å². The van der Waals surface area contributed by atoms with Crippen LogP contribution in [0.5, 0.6) is 0 Å². The maximum atomic E-state index is 13.5. The number of halogens is 1. The van der Waals surface area contributed by atoms with Crippen LogP contribution in [0.15, 0.2) is 77.3 Å². The summed E-state index contributed by atoms with van der Waals surface area (Å²) in [6.45, 7) is -0.948. The number of benzene rings is 3. The molecule has 1 aliphatic heterocycles. The highest BCUT2D eigenvalue weighted by Crippen LogP contribution is 2.60. The van der Waals surface area contributed by atoms with Crippen molar-refractivity contribution in [3.8, 4) is 0 Å². The van der Waals surface area contributed by atoms with Gasteiger partial charge >= 0.3 is 5.97 Å². The highest BCUT2D eigenvalue weighted by Gasteiger charge is 2.61. The molecule has 0 spiro atoms. The number of rotatable bonds is 5. The lowest BCUT2D eigenvalue weighted by atomic mass is 9.55. The number of nitrogens with zero attached hydrogens (tertiary/aromatic N) is 1. The number of ketones is 1. The van der Waals surface area contributed by atoms with E-state index in [4.69, 9.17) is 4.74 Å². The largest absolute Gasteiger partial charge is 0.456 e. The maximum absolute atomic E-state index is 13.5. The lowest BCUT2D eigenvalue weighted by Crippen LogP contribution is -2.41. The number of esters is 1. The summed E-state index contributed by atoms with van der Waals surface area (Å²) in [4.78, 5) is 53.0. The second kappa shape index (κ2) is 8.27. The van der Waals surface area contributed by atoms with E-state index in [-0.39, 0.29) is 29.4 Å². The Bertz CT molecular complexity index is 1280. The minimum Gasteiger partial charge on any atom is -0.456 e. The van der Waals surface area contributed by atoms with Crippen molar-refractivity contribution in [2.75, 3.05) is 13.2 Å². The van der Waals surface area contributed by atoms with Gasteiger partial charge in [-0.05, 0) is 34.4 Å². The zero-order valence-corrected chi connectivity index (χ0v) is 20.1. The van der Waals surface area contributed by atoms with Crippen LogP contribution in [-0.2, 0) is 19.1 Å². The molecular formula is C28H20BrNO5. The molecule has 0 aromatic heterocycles. The van der Waals surface area contributed by atoms with Gasteiger partial charge in [0, 0.05) is 21.9 Å². The molecule has 2 amide bonds. The summed E-state index contributed by atoms with van der Waals surface area (Å²) < 4.78 is 5.98. The normalized spacial score (nSPS) is 23.5. The third kappa shape index (κ3) is 3.37. The first-order valence-electron chi connectivity index (χ1n) is 11.4. The molecule has 35 heavy (non-hydrogen) atoms. The minimum atomic E-state index is -0.779. The fourth-order valence-corrected chi connectivity index (χ4v) is 6.20. The number of carbonyl (C=O) groups is 4. The number of imide groups is 1. The summed E-state index contributed by atoms with van der Waals surface area (Å²) in [6.07, 6.45) is 0. The Labute approximate surface area is 210 Å².